The molecule has 1 unspecified atom stereocenters. The van der Waals surface area contributed by atoms with Gasteiger partial charge in [-0.05, 0) is 15.9 Å². The first-order valence-electron chi connectivity index (χ1n) is 6.14. The Balaban J connectivity index is 3.07. The minimum absolute atomic E-state index is 0.383. The molecule has 1 rings (SSSR count). The second kappa shape index (κ2) is 6.99. The van der Waals surface area contributed by atoms with Gasteiger partial charge >= 0.3 is 5.97 Å². The molecule has 0 aromatic heterocycles. The zero-order valence-corrected chi connectivity index (χ0v) is 12.7. The first kappa shape index (κ1) is 18.3. The summed E-state index contributed by atoms with van der Waals surface area (Å²) in [6.07, 6.45) is -6.50. The van der Waals surface area contributed by atoms with E-state index in [2.05, 4.69) is 21.2 Å². The van der Waals surface area contributed by atoms with Gasteiger partial charge in [0.2, 0.25) is 10.4 Å². The van der Waals surface area contributed by atoms with E-state index in [1.165, 1.54) is 6.92 Å². The van der Waals surface area contributed by atoms with Gasteiger partial charge in [0.05, 0.1) is 18.8 Å². The number of hydrogen-bond donors (Lipinski definition) is 6. The van der Waals surface area contributed by atoms with E-state index in [0.29, 0.717) is 0 Å². The number of amides is 1. The fourth-order valence-corrected chi connectivity index (χ4v) is 2.66. The summed E-state index contributed by atoms with van der Waals surface area (Å²) in [4.78, 5) is 22.4. The predicted molar refractivity (Wildman–Crippen MR) is 71.5 cm³/mol. The van der Waals surface area contributed by atoms with Gasteiger partial charge in [-0.3, -0.25) is 4.79 Å². The Bertz CT molecular complexity index is 408. The summed E-state index contributed by atoms with van der Waals surface area (Å²) in [6.45, 7) is 0.373. The summed E-state index contributed by atoms with van der Waals surface area (Å²) in [7, 11) is 0. The molecule has 0 aliphatic carbocycles. The summed E-state index contributed by atoms with van der Waals surface area (Å²) in [5.74, 6) is -1.96. The van der Waals surface area contributed by atoms with Crippen LogP contribution < -0.4 is 5.32 Å². The number of alkyl halides is 1. The number of aliphatic hydroxyl groups is 4. The molecule has 1 amide bonds. The molecule has 10 heteroatoms. The second-order valence-electron chi connectivity index (χ2n) is 4.85. The molecule has 0 aromatic rings. The van der Waals surface area contributed by atoms with Gasteiger partial charge in [0, 0.05) is 13.3 Å². The quantitative estimate of drug-likeness (QED) is 0.290. The van der Waals surface area contributed by atoms with Crippen LogP contribution >= 0.6 is 15.9 Å². The van der Waals surface area contributed by atoms with E-state index < -0.39 is 53.5 Å². The lowest BCUT2D eigenvalue weighted by Gasteiger charge is -2.44. The first-order chi connectivity index (χ1) is 9.62. The number of aliphatic hydroxyl groups excluding tert-OH is 4. The van der Waals surface area contributed by atoms with Crippen LogP contribution in [0, 0.1) is 0 Å². The largest absolute Gasteiger partial charge is 0.478 e. The highest BCUT2D eigenvalue weighted by atomic mass is 79.9. The summed E-state index contributed by atoms with van der Waals surface area (Å²) >= 11 is 2.82. The van der Waals surface area contributed by atoms with Crippen molar-refractivity contribution in [3.63, 3.8) is 0 Å². The Kier molecular flexibility index (Phi) is 6.08. The van der Waals surface area contributed by atoms with Crippen LogP contribution in [0.4, 0.5) is 0 Å². The Labute approximate surface area is 128 Å². The molecule has 6 N–H and O–H groups in total. The lowest BCUT2D eigenvalue weighted by molar-refractivity contribution is -0.203. The number of nitrogens with one attached hydrogen (secondary N) is 1. The first-order valence-corrected chi connectivity index (χ1v) is 6.94. The fraction of sp³-hybridized carbons (Fsp3) is 0.818. The van der Waals surface area contributed by atoms with Crippen molar-refractivity contribution in [3.05, 3.63) is 0 Å². The Morgan fingerprint density at radius 1 is 1.48 bits per heavy atom. The topological polar surface area (TPSA) is 157 Å². The number of halogens is 1. The number of aliphatic carboxylic acids is 1. The van der Waals surface area contributed by atoms with Crippen molar-refractivity contribution in [3.8, 4) is 0 Å². The molecule has 0 saturated carbocycles. The van der Waals surface area contributed by atoms with E-state index in [1.807, 2.05) is 0 Å². The van der Waals surface area contributed by atoms with Gasteiger partial charge in [-0.15, -0.1) is 0 Å². The third kappa shape index (κ3) is 4.11. The number of carbonyl (C=O) groups is 2. The highest BCUT2D eigenvalue weighted by molar-refractivity contribution is 9.10. The monoisotopic (exact) mass is 371 g/mol. The lowest BCUT2D eigenvalue weighted by atomic mass is 9.90. The summed E-state index contributed by atoms with van der Waals surface area (Å²) in [5.41, 5.74) is 0. The summed E-state index contributed by atoms with van der Waals surface area (Å²) in [6, 6.07) is -1.14. The zero-order chi connectivity index (χ0) is 16.4. The van der Waals surface area contributed by atoms with Crippen molar-refractivity contribution in [2.45, 2.75) is 48.3 Å². The fourth-order valence-electron chi connectivity index (χ4n) is 2.11. The van der Waals surface area contributed by atoms with Crippen molar-refractivity contribution in [2.24, 2.45) is 0 Å². The highest BCUT2D eigenvalue weighted by Crippen LogP contribution is 2.36. The SMILES string of the molecule is CC(=O)N[C@H]1[C@H]([C@H](O)[C@H](O)CO)OC(Br)(C(=O)O)C[C@@H]1O. The number of ether oxygens (including phenoxy) is 1. The van der Waals surface area contributed by atoms with Gasteiger partial charge in [0.25, 0.3) is 0 Å². The van der Waals surface area contributed by atoms with Crippen LogP contribution in [-0.4, -0.2) is 79.0 Å². The van der Waals surface area contributed by atoms with Crippen molar-refractivity contribution in [1.29, 1.82) is 0 Å². The molecular formula is C11H18BrNO8. The maximum atomic E-state index is 11.2. The molecule has 0 bridgehead atoms. The van der Waals surface area contributed by atoms with Crippen molar-refractivity contribution < 1.29 is 39.9 Å². The molecule has 9 nitrogen and oxygen atoms in total. The van der Waals surface area contributed by atoms with E-state index in [-0.39, 0.29) is 6.42 Å². The van der Waals surface area contributed by atoms with Crippen molar-refractivity contribution in [2.75, 3.05) is 6.61 Å². The van der Waals surface area contributed by atoms with Crippen molar-refractivity contribution >= 4 is 27.8 Å². The molecule has 1 aliphatic heterocycles. The van der Waals surface area contributed by atoms with Gasteiger partial charge in [-0.2, -0.15) is 0 Å². The third-order valence-corrected chi connectivity index (χ3v) is 4.02. The minimum Gasteiger partial charge on any atom is -0.478 e. The van der Waals surface area contributed by atoms with Gasteiger partial charge in [0.1, 0.15) is 18.3 Å². The lowest BCUT2D eigenvalue weighted by Crippen LogP contribution is -2.65. The zero-order valence-electron chi connectivity index (χ0n) is 11.1. The highest BCUT2D eigenvalue weighted by Gasteiger charge is 2.53. The molecule has 1 saturated heterocycles. The summed E-state index contributed by atoms with van der Waals surface area (Å²) < 4.78 is 3.26. The number of carboxylic acid groups (broad SMARTS) is 1. The van der Waals surface area contributed by atoms with Gasteiger partial charge in [0.15, 0.2) is 0 Å². The van der Waals surface area contributed by atoms with Crippen LogP contribution in [0.5, 0.6) is 0 Å². The van der Waals surface area contributed by atoms with E-state index in [1.54, 1.807) is 0 Å². The maximum Gasteiger partial charge on any atom is 0.347 e. The number of rotatable bonds is 5. The van der Waals surface area contributed by atoms with Crippen LogP contribution in [0.2, 0.25) is 0 Å². The molecule has 1 fully saturated rings. The molecule has 6 atom stereocenters. The standard InChI is InChI=1S/C11H18BrNO8/c1-4(15)13-7-5(16)2-11(12,10(19)20)21-9(7)8(18)6(17)3-14/h5-9,14,16-18H,2-3H2,1H3,(H,13,15)(H,19,20)/t5-,6+,7+,8+,9+,11?/m0/s1. The molecule has 1 aliphatic rings. The predicted octanol–water partition coefficient (Wildman–Crippen LogP) is -2.47. The number of carboxylic acids is 1. The second-order valence-corrected chi connectivity index (χ2v) is 6.14. The smallest absolute Gasteiger partial charge is 0.347 e. The molecule has 1 heterocycles. The van der Waals surface area contributed by atoms with Gasteiger partial charge in [-0.1, -0.05) is 0 Å². The van der Waals surface area contributed by atoms with E-state index >= 15 is 0 Å². The van der Waals surface area contributed by atoms with Crippen LogP contribution in [0.3, 0.4) is 0 Å². The normalized spacial score (nSPS) is 35.8. The number of carbonyl (C=O) groups excluding carboxylic acids is 1. The molecule has 0 spiro atoms. The third-order valence-electron chi connectivity index (χ3n) is 3.17. The maximum absolute atomic E-state index is 11.2. The molecule has 21 heavy (non-hydrogen) atoms. The molecule has 0 radical (unpaired) electrons. The Morgan fingerprint density at radius 3 is 2.48 bits per heavy atom. The van der Waals surface area contributed by atoms with Crippen molar-refractivity contribution in [1.82, 2.24) is 5.32 Å². The van der Waals surface area contributed by atoms with Crippen LogP contribution in [0.1, 0.15) is 13.3 Å². The Morgan fingerprint density at radius 2 is 2.05 bits per heavy atom. The number of hydrogen-bond acceptors (Lipinski definition) is 7. The van der Waals surface area contributed by atoms with E-state index in [9.17, 15) is 24.9 Å². The van der Waals surface area contributed by atoms with Crippen LogP contribution in [-0.2, 0) is 14.3 Å². The average Bonchev–Trinajstić information content (AvgIpc) is 2.39. The van der Waals surface area contributed by atoms with Crippen LogP contribution in [0.15, 0.2) is 0 Å². The average molecular weight is 372 g/mol. The molecule has 122 valence electrons. The summed E-state index contributed by atoms with van der Waals surface area (Å²) in [5, 5.41) is 49.8. The molecule has 0 aromatic carbocycles. The molecular weight excluding hydrogens is 354 g/mol. The minimum atomic E-state index is -1.97. The van der Waals surface area contributed by atoms with E-state index in [4.69, 9.17) is 14.9 Å². The van der Waals surface area contributed by atoms with Gasteiger partial charge in [-0.25, -0.2) is 4.79 Å². The Hall–Kier alpha value is -0.780. The van der Waals surface area contributed by atoms with E-state index in [0.717, 1.165) is 0 Å². The van der Waals surface area contributed by atoms with Crippen LogP contribution in [0.25, 0.3) is 0 Å². The van der Waals surface area contributed by atoms with Gasteiger partial charge < -0.3 is 35.6 Å².